The Morgan fingerprint density at radius 1 is 1.48 bits per heavy atom. The third kappa shape index (κ3) is 3.99. The van der Waals surface area contributed by atoms with Gasteiger partial charge < -0.3 is 16.4 Å². The zero-order valence-electron chi connectivity index (χ0n) is 11.8. The molecule has 5 N–H and O–H groups in total. The first-order chi connectivity index (χ1) is 10.1. The van der Waals surface area contributed by atoms with Gasteiger partial charge in [-0.2, -0.15) is 0 Å². The normalized spacial score (nSPS) is 12.1. The van der Waals surface area contributed by atoms with Crippen LogP contribution in [0.5, 0.6) is 0 Å². The van der Waals surface area contributed by atoms with Crippen molar-refractivity contribution < 1.29 is 4.79 Å². The predicted molar refractivity (Wildman–Crippen MR) is 85.9 cm³/mol. The first-order valence-electron chi connectivity index (χ1n) is 6.77. The number of fused-ring (bicyclic) bond motifs is 1. The molecule has 0 saturated carbocycles. The number of hydrogen-bond donors (Lipinski definition) is 4. The molecule has 1 heterocycles. The molecule has 0 aliphatic carbocycles. The summed E-state index contributed by atoms with van der Waals surface area (Å²) in [7, 11) is 1.68. The number of guanidine groups is 1. The highest BCUT2D eigenvalue weighted by molar-refractivity contribution is 7.20. The van der Waals surface area contributed by atoms with Gasteiger partial charge in [0.25, 0.3) is 0 Å². The number of hydrogen-bond acceptors (Lipinski definition) is 5. The molecule has 0 spiro atoms. The van der Waals surface area contributed by atoms with Gasteiger partial charge in [0.1, 0.15) is 0 Å². The van der Waals surface area contributed by atoms with Gasteiger partial charge in [-0.15, -0.1) is 11.3 Å². The summed E-state index contributed by atoms with van der Waals surface area (Å²) in [6, 6.07) is 7.12. The molecule has 0 bridgehead atoms. The van der Waals surface area contributed by atoms with Crippen LogP contribution in [-0.2, 0) is 0 Å². The maximum absolute atomic E-state index is 12.2. The fraction of sp³-hybridized carbons (Fsp3) is 0.357. The lowest BCUT2D eigenvalue weighted by molar-refractivity contribution is 0.0956. The molecule has 0 aliphatic rings. The Morgan fingerprint density at radius 2 is 2.24 bits per heavy atom. The molecule has 2 rings (SSSR count). The molecule has 21 heavy (non-hydrogen) atoms. The van der Waals surface area contributed by atoms with Crippen molar-refractivity contribution in [2.24, 2.45) is 5.73 Å². The molecular weight excluding hydrogens is 286 g/mol. The third-order valence-electron chi connectivity index (χ3n) is 3.09. The lowest BCUT2D eigenvalue weighted by atomic mass is 10.1. The van der Waals surface area contributed by atoms with E-state index in [-0.39, 0.29) is 11.7 Å². The maximum atomic E-state index is 12.2. The topological polar surface area (TPSA) is 104 Å². The van der Waals surface area contributed by atoms with Gasteiger partial charge in [-0.25, -0.2) is 4.98 Å². The summed E-state index contributed by atoms with van der Waals surface area (Å²) in [6.45, 7) is 0.612. The SMILES string of the molecule is CNC(=N)NCCCC(N)C(=O)c1nc2ccccc2s1. The minimum atomic E-state index is -0.545. The van der Waals surface area contributed by atoms with E-state index in [9.17, 15) is 4.79 Å². The molecule has 2 aromatic rings. The van der Waals surface area contributed by atoms with E-state index in [4.69, 9.17) is 11.1 Å². The molecule has 6 nitrogen and oxygen atoms in total. The molecule has 0 fully saturated rings. The predicted octanol–water partition coefficient (Wildman–Crippen LogP) is 1.33. The van der Waals surface area contributed by atoms with Crippen molar-refractivity contribution in [1.82, 2.24) is 15.6 Å². The number of thiazole rings is 1. The third-order valence-corrected chi connectivity index (χ3v) is 4.14. The number of benzene rings is 1. The highest BCUT2D eigenvalue weighted by Gasteiger charge is 2.19. The molecule has 1 atom stereocenters. The van der Waals surface area contributed by atoms with Crippen molar-refractivity contribution in [2.45, 2.75) is 18.9 Å². The van der Waals surface area contributed by atoms with Crippen molar-refractivity contribution in [3.63, 3.8) is 0 Å². The average molecular weight is 305 g/mol. The summed E-state index contributed by atoms with van der Waals surface area (Å²) in [6.07, 6.45) is 1.29. The van der Waals surface area contributed by atoms with E-state index in [1.54, 1.807) is 7.05 Å². The van der Waals surface area contributed by atoms with Crippen LogP contribution in [0.1, 0.15) is 22.6 Å². The van der Waals surface area contributed by atoms with E-state index in [0.717, 1.165) is 16.6 Å². The molecule has 112 valence electrons. The Morgan fingerprint density at radius 3 is 2.95 bits per heavy atom. The fourth-order valence-corrected chi connectivity index (χ4v) is 2.86. The monoisotopic (exact) mass is 305 g/mol. The van der Waals surface area contributed by atoms with Crippen molar-refractivity contribution in [2.75, 3.05) is 13.6 Å². The summed E-state index contributed by atoms with van der Waals surface area (Å²) in [5.74, 6) is 0.154. The smallest absolute Gasteiger partial charge is 0.208 e. The van der Waals surface area contributed by atoms with Gasteiger partial charge >= 0.3 is 0 Å². The van der Waals surface area contributed by atoms with Crippen molar-refractivity contribution in [3.05, 3.63) is 29.3 Å². The van der Waals surface area contributed by atoms with Crippen LogP contribution in [0.3, 0.4) is 0 Å². The molecule has 1 unspecified atom stereocenters. The summed E-state index contributed by atoms with van der Waals surface area (Å²) in [4.78, 5) is 16.6. The van der Waals surface area contributed by atoms with Crippen molar-refractivity contribution >= 4 is 33.3 Å². The second-order valence-corrected chi connectivity index (χ2v) is 5.68. The van der Waals surface area contributed by atoms with Crippen LogP contribution in [0, 0.1) is 5.41 Å². The van der Waals surface area contributed by atoms with Crippen LogP contribution >= 0.6 is 11.3 Å². The molecular formula is C14H19N5OS. The number of nitrogens with one attached hydrogen (secondary N) is 3. The van der Waals surface area contributed by atoms with Gasteiger partial charge in [0.2, 0.25) is 5.78 Å². The number of nitrogens with two attached hydrogens (primary N) is 1. The van der Waals surface area contributed by atoms with Gasteiger partial charge in [-0.3, -0.25) is 10.2 Å². The van der Waals surface area contributed by atoms with Crippen LogP contribution in [-0.4, -0.2) is 36.4 Å². The first kappa shape index (κ1) is 15.4. The Hall–Kier alpha value is -1.99. The Bertz CT molecular complexity index is 606. The van der Waals surface area contributed by atoms with Crippen LogP contribution in [0.2, 0.25) is 0 Å². The number of para-hydroxylation sites is 1. The molecule has 1 aromatic heterocycles. The van der Waals surface area contributed by atoms with Crippen molar-refractivity contribution in [1.29, 1.82) is 5.41 Å². The molecule has 0 radical (unpaired) electrons. The van der Waals surface area contributed by atoms with Crippen LogP contribution < -0.4 is 16.4 Å². The Balaban J connectivity index is 1.88. The number of aromatic nitrogens is 1. The van der Waals surface area contributed by atoms with Crippen LogP contribution in [0.25, 0.3) is 10.2 Å². The van der Waals surface area contributed by atoms with Gasteiger partial charge in [-0.05, 0) is 25.0 Å². The van der Waals surface area contributed by atoms with Crippen molar-refractivity contribution in [3.8, 4) is 0 Å². The first-order valence-corrected chi connectivity index (χ1v) is 7.59. The van der Waals surface area contributed by atoms with E-state index in [0.29, 0.717) is 18.0 Å². The zero-order chi connectivity index (χ0) is 15.2. The number of nitrogens with zero attached hydrogens (tertiary/aromatic N) is 1. The van der Waals surface area contributed by atoms with Gasteiger partial charge in [0.05, 0.1) is 16.3 Å². The summed E-state index contributed by atoms with van der Waals surface area (Å²) in [5, 5.41) is 13.4. The van der Waals surface area contributed by atoms with E-state index in [2.05, 4.69) is 15.6 Å². The number of Topliss-reactive ketones (excluding diaryl/α,β-unsaturated/α-hetero) is 1. The highest BCUT2D eigenvalue weighted by atomic mass is 32.1. The number of carbonyl (C=O) groups excluding carboxylic acids is 1. The van der Waals surface area contributed by atoms with E-state index < -0.39 is 6.04 Å². The maximum Gasteiger partial charge on any atom is 0.208 e. The second-order valence-electron chi connectivity index (χ2n) is 4.65. The lowest BCUT2D eigenvalue weighted by Crippen LogP contribution is -2.36. The minimum absolute atomic E-state index is 0.111. The molecule has 7 heteroatoms. The quantitative estimate of drug-likeness (QED) is 0.279. The minimum Gasteiger partial charge on any atom is -0.360 e. The summed E-state index contributed by atoms with van der Waals surface area (Å²) in [5.41, 5.74) is 6.78. The standard InChI is InChI=1S/C14H19N5OS/c1-17-14(16)18-8-4-5-9(15)12(20)13-19-10-6-2-3-7-11(10)21-13/h2-3,6-7,9H,4-5,8,15H2,1H3,(H3,16,17,18). The van der Waals surface area contributed by atoms with Crippen LogP contribution in [0.4, 0.5) is 0 Å². The average Bonchev–Trinajstić information content (AvgIpc) is 2.94. The zero-order valence-corrected chi connectivity index (χ0v) is 12.7. The lowest BCUT2D eigenvalue weighted by Gasteiger charge is -2.10. The molecule has 0 saturated heterocycles. The number of rotatable bonds is 6. The van der Waals surface area contributed by atoms with Gasteiger partial charge in [-0.1, -0.05) is 12.1 Å². The van der Waals surface area contributed by atoms with Gasteiger partial charge in [0.15, 0.2) is 11.0 Å². The molecule has 1 aromatic carbocycles. The Kier molecular flexibility index (Phi) is 5.24. The van der Waals surface area contributed by atoms with Gasteiger partial charge in [0, 0.05) is 13.6 Å². The molecule has 0 aliphatic heterocycles. The van der Waals surface area contributed by atoms with E-state index in [1.165, 1.54) is 11.3 Å². The fourth-order valence-electron chi connectivity index (χ4n) is 1.89. The number of carbonyl (C=O) groups is 1. The molecule has 0 amide bonds. The number of ketones is 1. The Labute approximate surface area is 127 Å². The summed E-state index contributed by atoms with van der Waals surface area (Å²) < 4.78 is 0.997. The van der Waals surface area contributed by atoms with Crippen LogP contribution in [0.15, 0.2) is 24.3 Å². The largest absolute Gasteiger partial charge is 0.360 e. The highest BCUT2D eigenvalue weighted by Crippen LogP contribution is 2.22. The second kappa shape index (κ2) is 7.14. The van der Waals surface area contributed by atoms with E-state index >= 15 is 0 Å². The van der Waals surface area contributed by atoms with E-state index in [1.807, 2.05) is 24.3 Å². The summed E-state index contributed by atoms with van der Waals surface area (Å²) >= 11 is 1.38.